The summed E-state index contributed by atoms with van der Waals surface area (Å²) in [6.07, 6.45) is 2.04. The molecule has 0 atom stereocenters. The highest BCUT2D eigenvalue weighted by molar-refractivity contribution is 8.13. The maximum Gasteiger partial charge on any atom is 0.329 e. The van der Waals surface area contributed by atoms with Crippen molar-refractivity contribution in [3.63, 3.8) is 0 Å². The molecule has 8 aromatic rings. The van der Waals surface area contributed by atoms with Crippen LogP contribution in [0.5, 0.6) is 0 Å². The largest absolute Gasteiger partial charge is 0.399 e. The van der Waals surface area contributed by atoms with Crippen molar-refractivity contribution in [1.29, 1.82) is 0 Å². The van der Waals surface area contributed by atoms with Gasteiger partial charge in [0.25, 0.3) is 0 Å². The van der Waals surface area contributed by atoms with Crippen LogP contribution in [0.15, 0.2) is 155 Å². The third kappa shape index (κ3) is 15.2. The van der Waals surface area contributed by atoms with Crippen molar-refractivity contribution in [3.05, 3.63) is 200 Å². The van der Waals surface area contributed by atoms with Crippen LogP contribution in [-0.2, 0) is 56.1 Å². The van der Waals surface area contributed by atoms with Crippen LogP contribution < -0.4 is 21.8 Å². The Morgan fingerprint density at radius 3 is 0.971 bits per heavy atom. The maximum absolute atomic E-state index is 13.4. The third-order valence-electron chi connectivity index (χ3n) is 11.1. The molecule has 0 bridgehead atoms. The van der Waals surface area contributed by atoms with Gasteiger partial charge in [-0.05, 0) is 92.7 Å². The number of benzene rings is 6. The van der Waals surface area contributed by atoms with Gasteiger partial charge in [-0.3, -0.25) is 23.0 Å². The second-order valence-electron chi connectivity index (χ2n) is 18.8. The fraction of sp³-hybridized carbons (Fsp3) is 0.283. The summed E-state index contributed by atoms with van der Waals surface area (Å²) in [6, 6.07) is 47.5. The summed E-state index contributed by atoms with van der Waals surface area (Å²) >= 11 is 0. The Bertz CT molecular complexity index is 3320. The Kier molecular flexibility index (Phi) is 18.2. The van der Waals surface area contributed by atoms with Crippen molar-refractivity contribution in [1.82, 2.24) is 18.3 Å². The van der Waals surface area contributed by atoms with Crippen molar-refractivity contribution in [2.45, 2.75) is 86.0 Å². The number of rotatable bonds is 10. The molecular formula is C53H64Cl2N6O6S2. The molecule has 69 heavy (non-hydrogen) atoms. The fourth-order valence-corrected chi connectivity index (χ4v) is 8.19. The van der Waals surface area contributed by atoms with Gasteiger partial charge in [-0.1, -0.05) is 146 Å². The molecule has 0 fully saturated rings. The first-order chi connectivity index (χ1) is 31.3. The number of nitrogens with two attached hydrogens (primary N) is 1. The highest BCUT2D eigenvalue weighted by Gasteiger charge is 2.18. The molecule has 8 rings (SSSR count). The molecule has 0 aliphatic carbocycles. The Hall–Kier alpha value is -6.06. The molecule has 0 saturated carbocycles. The molecule has 0 aliphatic rings. The van der Waals surface area contributed by atoms with Crippen LogP contribution in [0, 0.1) is 0 Å². The van der Waals surface area contributed by atoms with Crippen LogP contribution in [-0.4, -0.2) is 47.6 Å². The minimum atomic E-state index is -3.33. The number of sulfonamides is 1. The van der Waals surface area contributed by atoms with E-state index >= 15 is 0 Å². The molecule has 0 aliphatic heterocycles. The summed E-state index contributed by atoms with van der Waals surface area (Å²) < 4.78 is 51.4. The second-order valence-corrected chi connectivity index (χ2v) is 23.6. The zero-order valence-corrected chi connectivity index (χ0v) is 42.8. The molecule has 0 spiro atoms. The van der Waals surface area contributed by atoms with Crippen LogP contribution in [0.4, 0.5) is 11.4 Å². The average Bonchev–Trinajstić information content (AvgIpc) is 3.66. The number of hydrogen-bond acceptors (Lipinski definition) is 7. The molecule has 6 aromatic carbocycles. The summed E-state index contributed by atoms with van der Waals surface area (Å²) in [4.78, 5) is 26.7. The van der Waals surface area contributed by atoms with E-state index in [1.165, 1.54) is 11.1 Å². The van der Waals surface area contributed by atoms with Crippen LogP contribution >= 0.6 is 23.1 Å². The van der Waals surface area contributed by atoms with Crippen LogP contribution in [0.2, 0.25) is 0 Å². The van der Waals surface area contributed by atoms with Gasteiger partial charge in [-0.15, -0.1) is 12.4 Å². The molecular weight excluding hydrogens is 952 g/mol. The van der Waals surface area contributed by atoms with Gasteiger partial charge >= 0.3 is 11.4 Å². The minimum Gasteiger partial charge on any atom is -0.399 e. The summed E-state index contributed by atoms with van der Waals surface area (Å²) in [6.45, 7) is 15.1. The Balaban J connectivity index is 0.000000268. The van der Waals surface area contributed by atoms with Gasteiger partial charge in [0, 0.05) is 22.1 Å². The molecule has 12 nitrogen and oxygen atoms in total. The highest BCUT2D eigenvalue weighted by Crippen LogP contribution is 2.25. The van der Waals surface area contributed by atoms with Crippen molar-refractivity contribution in [2.75, 3.05) is 23.0 Å². The van der Waals surface area contributed by atoms with Gasteiger partial charge in [-0.2, -0.15) is 0 Å². The Labute approximate surface area is 417 Å². The second kappa shape index (κ2) is 22.6. The highest BCUT2D eigenvalue weighted by atomic mass is 35.7. The molecule has 16 heteroatoms. The Morgan fingerprint density at radius 1 is 0.478 bits per heavy atom. The molecule has 0 saturated heterocycles. The monoisotopic (exact) mass is 1010 g/mol. The lowest BCUT2D eigenvalue weighted by Gasteiger charge is -2.19. The summed E-state index contributed by atoms with van der Waals surface area (Å²) in [7, 11) is -2.02. The lowest BCUT2D eigenvalue weighted by atomic mass is 9.87. The fourth-order valence-electron chi connectivity index (χ4n) is 7.62. The van der Waals surface area contributed by atoms with Crippen LogP contribution in [0.25, 0.3) is 22.1 Å². The van der Waals surface area contributed by atoms with Crippen molar-refractivity contribution in [3.8, 4) is 0 Å². The van der Waals surface area contributed by atoms with E-state index in [4.69, 9.17) is 5.73 Å². The smallest absolute Gasteiger partial charge is 0.329 e. The number of nitrogens with zero attached hydrogens (tertiary/aromatic N) is 4. The van der Waals surface area contributed by atoms with E-state index in [0.29, 0.717) is 31.9 Å². The number of hydrogen-bond donors (Lipinski definition) is 2. The molecule has 0 radical (unpaired) electrons. The summed E-state index contributed by atoms with van der Waals surface area (Å²) in [5, 5.41) is 0. The molecule has 3 N–H and O–H groups in total. The van der Waals surface area contributed by atoms with E-state index in [0.717, 1.165) is 62.5 Å². The number of anilines is 2. The number of para-hydroxylation sites is 4. The van der Waals surface area contributed by atoms with Gasteiger partial charge in [0.1, 0.15) is 0 Å². The molecule has 368 valence electrons. The van der Waals surface area contributed by atoms with Crippen molar-refractivity contribution in [2.24, 2.45) is 0 Å². The summed E-state index contributed by atoms with van der Waals surface area (Å²) in [5.41, 5.74) is 17.5. The topological polar surface area (TPSA) is 160 Å². The van der Waals surface area contributed by atoms with Crippen molar-refractivity contribution >= 4 is 75.6 Å². The predicted molar refractivity (Wildman–Crippen MR) is 290 cm³/mol. The molecule has 0 unspecified atom stereocenters. The SMILES string of the molecule is C.CC(C)(C)c1ccc(Cn2c(=O)n(Cc3ccc(N)cc3)c3ccccc32)cc1.CC(C)(C)c1ccc(Cn2c(=O)n(Cc3ccc(NS(C)(=O)=O)cc3)c3ccccc32)cc1.CS(=O)(=O)Cl.Cl. The summed E-state index contributed by atoms with van der Waals surface area (Å²) in [5.74, 6) is 0. The standard InChI is InChI=1S/C26H29N3O3S.C25H27N3O.CH3ClO2S.CH4.ClH/c1-26(2,3)21-13-9-19(10-14-21)17-28-23-7-5-6-8-24(23)29(25(28)30)18-20-11-15-22(16-12-20)27-33(4,31)32;1-25(2,3)20-12-8-18(9-13-20)16-27-22-6-4-5-7-23(22)28(24(27)29)17-19-10-14-21(26)15-11-19;1-5(2,3)4;;/h5-16,27H,17-18H2,1-4H3;4-15H,16-17,26H2,1-3H3;1H3;1H4;1H. The number of aromatic nitrogens is 4. The third-order valence-corrected chi connectivity index (χ3v) is 11.7. The van der Waals surface area contributed by atoms with Gasteiger partial charge in [0.2, 0.25) is 19.1 Å². The van der Waals surface area contributed by atoms with Gasteiger partial charge in [0.15, 0.2) is 0 Å². The van der Waals surface area contributed by atoms with E-state index in [1.807, 2.05) is 94.1 Å². The predicted octanol–water partition coefficient (Wildman–Crippen LogP) is 10.6. The number of nitrogens with one attached hydrogen (secondary N) is 1. The van der Waals surface area contributed by atoms with Crippen molar-refractivity contribution < 1.29 is 16.8 Å². The van der Waals surface area contributed by atoms with E-state index in [-0.39, 0.29) is 42.0 Å². The van der Waals surface area contributed by atoms with E-state index in [1.54, 1.807) is 21.3 Å². The molecule has 2 heterocycles. The average molecular weight is 1020 g/mol. The Morgan fingerprint density at radius 2 is 0.725 bits per heavy atom. The number of imidazole rings is 2. The molecule has 2 aromatic heterocycles. The zero-order valence-electron chi connectivity index (χ0n) is 39.6. The van der Waals surface area contributed by atoms with E-state index < -0.39 is 19.1 Å². The van der Waals surface area contributed by atoms with Crippen LogP contribution in [0.3, 0.4) is 0 Å². The quantitative estimate of drug-likeness (QED) is 0.102. The first-order valence-corrected chi connectivity index (χ1v) is 26.3. The first-order valence-electron chi connectivity index (χ1n) is 21.7. The minimum absolute atomic E-state index is 0. The van der Waals surface area contributed by atoms with Gasteiger partial charge in [-0.25, -0.2) is 26.4 Å². The lowest BCUT2D eigenvalue weighted by molar-refractivity contribution is 0.589. The first kappa shape index (κ1) is 55.5. The number of fused-ring (bicyclic) bond motifs is 2. The zero-order chi connectivity index (χ0) is 48.9. The lowest BCUT2D eigenvalue weighted by Crippen LogP contribution is -2.25. The number of nitrogen functional groups attached to an aromatic ring is 1. The van der Waals surface area contributed by atoms with E-state index in [9.17, 15) is 26.4 Å². The normalized spacial score (nSPS) is 11.7. The van der Waals surface area contributed by atoms with E-state index in [2.05, 4.69) is 105 Å². The maximum atomic E-state index is 13.4. The van der Waals surface area contributed by atoms with Crippen LogP contribution in [0.1, 0.15) is 82.3 Å². The molecule has 0 amide bonds. The number of halogens is 2. The van der Waals surface area contributed by atoms with Gasteiger partial charge < -0.3 is 5.73 Å². The van der Waals surface area contributed by atoms with Gasteiger partial charge in [0.05, 0.1) is 60.8 Å².